The summed E-state index contributed by atoms with van der Waals surface area (Å²) in [5.74, 6) is -0.936. The van der Waals surface area contributed by atoms with E-state index in [4.69, 9.17) is 15.9 Å². The Kier molecular flexibility index (Phi) is 7.10. The van der Waals surface area contributed by atoms with Gasteiger partial charge in [0, 0.05) is 6.04 Å². The van der Waals surface area contributed by atoms with Gasteiger partial charge in [-0.1, -0.05) is 12.7 Å². The first-order chi connectivity index (χ1) is 7.51. The average molecular weight is 233 g/mol. The Morgan fingerprint density at radius 3 is 2.62 bits per heavy atom. The average Bonchev–Trinajstić information content (AvgIpc) is 2.24. The zero-order valence-corrected chi connectivity index (χ0v) is 8.67. The minimum atomic E-state index is -1.24. The van der Waals surface area contributed by atoms with Crippen molar-refractivity contribution in [1.82, 2.24) is 0 Å². The number of rotatable bonds is 6. The van der Waals surface area contributed by atoms with E-state index in [-0.39, 0.29) is 6.61 Å². The minimum Gasteiger partial charge on any atom is -0.430 e. The molecule has 2 atom stereocenters. The Bertz CT molecular complexity index is 254. The Balaban J connectivity index is 3.89. The maximum absolute atomic E-state index is 11.0. The van der Waals surface area contributed by atoms with Crippen molar-refractivity contribution >= 4 is 12.1 Å². The molecule has 0 saturated heterocycles. The quantitative estimate of drug-likeness (QED) is 0.303. The Morgan fingerprint density at radius 1 is 1.50 bits per heavy atom. The van der Waals surface area contributed by atoms with E-state index >= 15 is 0 Å². The third-order valence-electron chi connectivity index (χ3n) is 1.60. The fourth-order valence-corrected chi connectivity index (χ4v) is 0.755. The fraction of sp³-hybridized carbons (Fsp3) is 0.556. The van der Waals surface area contributed by atoms with Crippen molar-refractivity contribution in [2.45, 2.75) is 18.6 Å². The molecule has 92 valence electrons. The largest absolute Gasteiger partial charge is 0.516 e. The Morgan fingerprint density at radius 2 is 2.12 bits per heavy atom. The third-order valence-corrected chi connectivity index (χ3v) is 1.60. The number of aliphatic hydroxyl groups excluding tert-OH is 2. The zero-order valence-electron chi connectivity index (χ0n) is 8.67. The molecule has 0 radical (unpaired) electrons. The van der Waals surface area contributed by atoms with Crippen LogP contribution < -0.4 is 5.73 Å². The topological polar surface area (TPSA) is 119 Å². The number of aliphatic hydroxyl groups is 2. The molecule has 0 bridgehead atoms. The molecule has 0 aromatic heterocycles. The molecule has 0 aromatic rings. The normalized spacial score (nSPS) is 13.7. The smallest absolute Gasteiger partial charge is 0.430 e. The van der Waals surface area contributed by atoms with E-state index in [0.717, 1.165) is 0 Å². The van der Waals surface area contributed by atoms with Gasteiger partial charge < -0.3 is 25.4 Å². The van der Waals surface area contributed by atoms with Crippen molar-refractivity contribution in [2.75, 3.05) is 13.2 Å². The molecule has 7 nitrogen and oxygen atoms in total. The van der Waals surface area contributed by atoms with E-state index in [1.165, 1.54) is 6.08 Å². The fourth-order valence-electron chi connectivity index (χ4n) is 0.755. The maximum Gasteiger partial charge on any atom is 0.516 e. The van der Waals surface area contributed by atoms with E-state index < -0.39 is 37.3 Å². The summed E-state index contributed by atoms with van der Waals surface area (Å²) in [5.41, 5.74) is 5.33. The van der Waals surface area contributed by atoms with Gasteiger partial charge in [-0.05, 0) is 0 Å². The van der Waals surface area contributed by atoms with Crippen LogP contribution in [0.25, 0.3) is 0 Å². The highest BCUT2D eigenvalue weighted by molar-refractivity contribution is 5.82. The maximum atomic E-state index is 11.0. The number of nitrogens with two attached hydrogens (primary N) is 1. The predicted octanol–water partition coefficient (Wildman–Crippen LogP) is -1.08. The summed E-state index contributed by atoms with van der Waals surface area (Å²) in [7, 11) is 0. The Labute approximate surface area is 92.4 Å². The number of hydrogen-bond donors (Lipinski definition) is 3. The van der Waals surface area contributed by atoms with Crippen molar-refractivity contribution in [3.8, 4) is 0 Å². The summed E-state index contributed by atoms with van der Waals surface area (Å²) in [4.78, 5) is 21.8. The summed E-state index contributed by atoms with van der Waals surface area (Å²) in [6.07, 6.45) is -1.48. The molecular weight excluding hydrogens is 218 g/mol. The lowest BCUT2D eigenvalue weighted by Crippen LogP contribution is -2.39. The molecule has 0 aliphatic rings. The van der Waals surface area contributed by atoms with Crippen LogP contribution in [0.1, 0.15) is 6.42 Å². The molecule has 0 fully saturated rings. The number of ether oxygens (including phenoxy) is 2. The molecule has 7 heteroatoms. The second-order valence-corrected chi connectivity index (χ2v) is 2.94. The molecule has 0 aliphatic carbocycles. The lowest BCUT2D eigenvalue weighted by atomic mass is 10.1. The highest BCUT2D eigenvalue weighted by atomic mass is 16.7. The van der Waals surface area contributed by atoms with Gasteiger partial charge in [-0.3, -0.25) is 4.79 Å². The van der Waals surface area contributed by atoms with Gasteiger partial charge in [0.2, 0.25) is 0 Å². The molecule has 16 heavy (non-hydrogen) atoms. The van der Waals surface area contributed by atoms with Gasteiger partial charge >= 0.3 is 12.1 Å². The van der Waals surface area contributed by atoms with E-state index in [1.807, 2.05) is 0 Å². The summed E-state index contributed by atoms with van der Waals surface area (Å²) < 4.78 is 8.57. The summed E-state index contributed by atoms with van der Waals surface area (Å²) in [6, 6.07) is -0.996. The van der Waals surface area contributed by atoms with Crippen molar-refractivity contribution < 1.29 is 29.3 Å². The first-order valence-electron chi connectivity index (χ1n) is 4.54. The van der Waals surface area contributed by atoms with Crippen molar-refractivity contribution in [2.24, 2.45) is 5.73 Å². The van der Waals surface area contributed by atoms with Crippen LogP contribution >= 0.6 is 0 Å². The van der Waals surface area contributed by atoms with Gasteiger partial charge in [-0.25, -0.2) is 4.79 Å². The van der Waals surface area contributed by atoms with Gasteiger partial charge in [-0.15, -0.1) is 0 Å². The first-order valence-corrected chi connectivity index (χ1v) is 4.54. The van der Waals surface area contributed by atoms with Crippen LogP contribution in [-0.4, -0.2) is 47.7 Å². The zero-order chi connectivity index (χ0) is 12.6. The van der Waals surface area contributed by atoms with Crippen LogP contribution in [-0.2, 0) is 14.3 Å². The number of carbonyl (C=O) groups excluding carboxylic acids is 2. The summed E-state index contributed by atoms with van der Waals surface area (Å²) >= 11 is 0. The van der Waals surface area contributed by atoms with E-state index in [9.17, 15) is 9.59 Å². The van der Waals surface area contributed by atoms with Crippen LogP contribution in [0.5, 0.6) is 0 Å². The van der Waals surface area contributed by atoms with Crippen LogP contribution in [0.15, 0.2) is 12.7 Å². The van der Waals surface area contributed by atoms with Crippen LogP contribution in [0.3, 0.4) is 0 Å². The third kappa shape index (κ3) is 6.12. The van der Waals surface area contributed by atoms with Gasteiger partial charge in [0.1, 0.15) is 6.61 Å². The van der Waals surface area contributed by atoms with E-state index in [1.54, 1.807) is 0 Å². The summed E-state index contributed by atoms with van der Waals surface area (Å²) in [6.45, 7) is 2.65. The van der Waals surface area contributed by atoms with Crippen LogP contribution in [0.2, 0.25) is 0 Å². The SMILES string of the molecule is C=CCOC(=O)OC(=O)CC(N)C(O)CO. The highest BCUT2D eigenvalue weighted by Crippen LogP contribution is 1.99. The molecule has 0 rings (SSSR count). The number of hydrogen-bond acceptors (Lipinski definition) is 7. The van der Waals surface area contributed by atoms with Gasteiger partial charge in [0.05, 0.1) is 19.1 Å². The molecule has 0 amide bonds. The highest BCUT2D eigenvalue weighted by Gasteiger charge is 2.20. The van der Waals surface area contributed by atoms with E-state index in [0.29, 0.717) is 0 Å². The molecular formula is C9H15NO6. The number of esters is 1. The molecule has 2 unspecified atom stereocenters. The monoisotopic (exact) mass is 233 g/mol. The Hall–Kier alpha value is -1.44. The lowest BCUT2D eigenvalue weighted by Gasteiger charge is -2.14. The van der Waals surface area contributed by atoms with Gasteiger partial charge in [0.15, 0.2) is 0 Å². The van der Waals surface area contributed by atoms with Crippen molar-refractivity contribution in [3.05, 3.63) is 12.7 Å². The van der Waals surface area contributed by atoms with Crippen LogP contribution in [0.4, 0.5) is 4.79 Å². The minimum absolute atomic E-state index is 0.0720. The summed E-state index contributed by atoms with van der Waals surface area (Å²) in [5, 5.41) is 17.6. The van der Waals surface area contributed by atoms with Crippen molar-refractivity contribution in [1.29, 1.82) is 0 Å². The van der Waals surface area contributed by atoms with Gasteiger partial charge in [-0.2, -0.15) is 0 Å². The molecule has 0 spiro atoms. The van der Waals surface area contributed by atoms with Gasteiger partial charge in [0.25, 0.3) is 0 Å². The lowest BCUT2D eigenvalue weighted by molar-refractivity contribution is -0.140. The van der Waals surface area contributed by atoms with Crippen LogP contribution in [0, 0.1) is 0 Å². The standard InChI is InChI=1S/C9H15NO6/c1-2-3-15-9(14)16-8(13)4-6(10)7(12)5-11/h2,6-7,11-12H,1,3-5,10H2. The number of carbonyl (C=O) groups is 2. The molecule has 0 aliphatic heterocycles. The second-order valence-electron chi connectivity index (χ2n) is 2.94. The molecule has 4 N–H and O–H groups in total. The predicted molar refractivity (Wildman–Crippen MR) is 53.3 cm³/mol. The second kappa shape index (κ2) is 7.80. The molecule has 0 saturated carbocycles. The first kappa shape index (κ1) is 14.6. The molecule has 0 aromatic carbocycles. The molecule has 0 heterocycles. The van der Waals surface area contributed by atoms with E-state index in [2.05, 4.69) is 16.1 Å². The van der Waals surface area contributed by atoms with Crippen molar-refractivity contribution in [3.63, 3.8) is 0 Å².